The third-order valence-corrected chi connectivity index (χ3v) is 5.81. The Kier molecular flexibility index (Phi) is 5.32. The van der Waals surface area contributed by atoms with Crippen LogP contribution in [0.15, 0.2) is 79.3 Å². The molecule has 5 rings (SSSR count). The van der Waals surface area contributed by atoms with E-state index < -0.39 is 5.91 Å². The second kappa shape index (κ2) is 8.58. The molecule has 0 saturated heterocycles. The number of hydrazine groups is 1. The van der Waals surface area contributed by atoms with Gasteiger partial charge >= 0.3 is 0 Å². The molecule has 0 fully saturated rings. The average molecular weight is 439 g/mol. The average Bonchev–Trinajstić information content (AvgIpc) is 3.40. The van der Waals surface area contributed by atoms with Gasteiger partial charge in [-0.2, -0.15) is 0 Å². The highest BCUT2D eigenvalue weighted by molar-refractivity contribution is 6.01. The number of pyridine rings is 1. The summed E-state index contributed by atoms with van der Waals surface area (Å²) in [4.78, 5) is 46.6. The summed E-state index contributed by atoms with van der Waals surface area (Å²) in [6.45, 7) is 0.203. The molecule has 0 aliphatic carbocycles. The minimum Gasteiger partial charge on any atom is -0.361 e. The first-order chi connectivity index (χ1) is 16.1. The molecule has 0 bridgehead atoms. The normalized spacial score (nSPS) is 14.8. The number of benzene rings is 2. The van der Waals surface area contributed by atoms with Crippen molar-refractivity contribution in [2.45, 2.75) is 12.5 Å². The monoisotopic (exact) mass is 439 g/mol. The molecular formula is C25H21N5O3. The second-order valence-corrected chi connectivity index (χ2v) is 7.77. The lowest BCUT2D eigenvalue weighted by Crippen LogP contribution is -2.43. The van der Waals surface area contributed by atoms with Gasteiger partial charge in [0.2, 0.25) is 5.91 Å². The van der Waals surface area contributed by atoms with Gasteiger partial charge in [0.05, 0.1) is 6.04 Å². The fourth-order valence-corrected chi connectivity index (χ4v) is 4.24. The first-order valence-corrected chi connectivity index (χ1v) is 10.6. The van der Waals surface area contributed by atoms with Gasteiger partial charge in [-0.1, -0.05) is 36.4 Å². The Bertz CT molecular complexity index is 1350. The Morgan fingerprint density at radius 3 is 2.55 bits per heavy atom. The molecule has 8 heteroatoms. The first kappa shape index (κ1) is 20.4. The van der Waals surface area contributed by atoms with Crippen LogP contribution in [-0.4, -0.2) is 39.1 Å². The van der Waals surface area contributed by atoms with Crippen molar-refractivity contribution >= 4 is 28.6 Å². The number of aromatic nitrogens is 2. The summed E-state index contributed by atoms with van der Waals surface area (Å²) >= 11 is 0. The van der Waals surface area contributed by atoms with Gasteiger partial charge in [-0.25, -0.2) is 0 Å². The maximum Gasteiger partial charge on any atom is 0.269 e. The summed E-state index contributed by atoms with van der Waals surface area (Å²) < 4.78 is 0. The number of carbonyl (C=O) groups is 3. The van der Waals surface area contributed by atoms with Gasteiger partial charge in [-0.3, -0.25) is 30.2 Å². The Labute approximate surface area is 189 Å². The van der Waals surface area contributed by atoms with Crippen molar-refractivity contribution in [1.82, 2.24) is 25.7 Å². The van der Waals surface area contributed by atoms with Crippen LogP contribution >= 0.6 is 0 Å². The molecule has 0 radical (unpaired) electrons. The zero-order chi connectivity index (χ0) is 22.8. The van der Waals surface area contributed by atoms with Crippen molar-refractivity contribution in [3.05, 3.63) is 102 Å². The highest BCUT2D eigenvalue weighted by Crippen LogP contribution is 2.41. The predicted molar refractivity (Wildman–Crippen MR) is 122 cm³/mol. The molecule has 0 saturated carbocycles. The van der Waals surface area contributed by atoms with E-state index in [-0.39, 0.29) is 30.8 Å². The van der Waals surface area contributed by atoms with Crippen LogP contribution in [0.5, 0.6) is 0 Å². The number of para-hydroxylation sites is 1. The summed E-state index contributed by atoms with van der Waals surface area (Å²) in [5.74, 6) is -0.944. The molecule has 1 atom stereocenters. The highest BCUT2D eigenvalue weighted by atomic mass is 16.2. The third kappa shape index (κ3) is 3.82. The molecule has 0 spiro atoms. The number of nitrogens with one attached hydrogen (secondary N) is 3. The van der Waals surface area contributed by atoms with Gasteiger partial charge in [0, 0.05) is 59.1 Å². The lowest BCUT2D eigenvalue weighted by atomic mass is 9.97. The Morgan fingerprint density at radius 2 is 1.70 bits per heavy atom. The van der Waals surface area contributed by atoms with Crippen molar-refractivity contribution in [1.29, 1.82) is 0 Å². The second-order valence-electron chi connectivity index (χ2n) is 7.77. The van der Waals surface area contributed by atoms with E-state index in [1.807, 2.05) is 54.7 Å². The molecule has 3 amide bonds. The maximum atomic E-state index is 13.2. The summed E-state index contributed by atoms with van der Waals surface area (Å²) in [5.41, 5.74) is 8.71. The fourth-order valence-electron chi connectivity index (χ4n) is 4.24. The number of hydrogen-bond donors (Lipinski definition) is 3. The van der Waals surface area contributed by atoms with Crippen LogP contribution in [0.4, 0.5) is 0 Å². The number of carbonyl (C=O) groups excluding carboxylic acids is 3. The summed E-state index contributed by atoms with van der Waals surface area (Å²) in [5, 5.41) is 1.03. The molecule has 2 aromatic heterocycles. The van der Waals surface area contributed by atoms with E-state index in [1.54, 1.807) is 17.0 Å². The van der Waals surface area contributed by atoms with Gasteiger partial charge in [0.15, 0.2) is 0 Å². The number of aromatic amines is 1. The quantitative estimate of drug-likeness (QED) is 0.416. The summed E-state index contributed by atoms with van der Waals surface area (Å²) in [7, 11) is 0. The Balaban J connectivity index is 1.33. The maximum absolute atomic E-state index is 13.2. The number of fused-ring (bicyclic) bond motifs is 2. The smallest absolute Gasteiger partial charge is 0.269 e. The fraction of sp³-hybridized carbons (Fsp3) is 0.120. The van der Waals surface area contributed by atoms with E-state index in [0.29, 0.717) is 11.1 Å². The number of H-pyrrole nitrogens is 1. The van der Waals surface area contributed by atoms with Crippen LogP contribution in [0.1, 0.15) is 44.3 Å². The SMILES string of the molecule is O=C(CCN1C(=O)c2ccccc2[C@@H]1c1c[nH]c2ccccc12)NNC(=O)c1ccncc1. The van der Waals surface area contributed by atoms with E-state index in [2.05, 4.69) is 20.8 Å². The lowest BCUT2D eigenvalue weighted by Gasteiger charge is -2.25. The summed E-state index contributed by atoms with van der Waals surface area (Å²) in [6, 6.07) is 18.3. The lowest BCUT2D eigenvalue weighted by molar-refractivity contribution is -0.122. The number of hydrogen-bond acceptors (Lipinski definition) is 4. The van der Waals surface area contributed by atoms with Crippen molar-refractivity contribution < 1.29 is 14.4 Å². The number of nitrogens with zero attached hydrogens (tertiary/aromatic N) is 2. The van der Waals surface area contributed by atoms with E-state index >= 15 is 0 Å². The Hall–Kier alpha value is -4.46. The van der Waals surface area contributed by atoms with Crippen LogP contribution in [0.3, 0.4) is 0 Å². The van der Waals surface area contributed by atoms with Crippen LogP contribution in [0, 0.1) is 0 Å². The van der Waals surface area contributed by atoms with E-state index in [4.69, 9.17) is 0 Å². The minimum atomic E-state index is -0.438. The zero-order valence-electron chi connectivity index (χ0n) is 17.6. The number of amides is 3. The molecule has 164 valence electrons. The molecule has 3 N–H and O–H groups in total. The highest BCUT2D eigenvalue weighted by Gasteiger charge is 2.38. The zero-order valence-corrected chi connectivity index (χ0v) is 17.6. The van der Waals surface area contributed by atoms with E-state index in [0.717, 1.165) is 22.0 Å². The van der Waals surface area contributed by atoms with Crippen molar-refractivity contribution in [3.8, 4) is 0 Å². The molecule has 2 aromatic carbocycles. The van der Waals surface area contributed by atoms with Crippen LogP contribution < -0.4 is 10.9 Å². The van der Waals surface area contributed by atoms with Crippen molar-refractivity contribution in [2.75, 3.05) is 6.54 Å². The van der Waals surface area contributed by atoms with Gasteiger partial charge in [0.1, 0.15) is 0 Å². The van der Waals surface area contributed by atoms with Crippen LogP contribution in [0.2, 0.25) is 0 Å². The van der Waals surface area contributed by atoms with Crippen molar-refractivity contribution in [2.24, 2.45) is 0 Å². The predicted octanol–water partition coefficient (Wildman–Crippen LogP) is 2.96. The first-order valence-electron chi connectivity index (χ1n) is 10.6. The molecule has 8 nitrogen and oxygen atoms in total. The van der Waals surface area contributed by atoms with Gasteiger partial charge in [0.25, 0.3) is 11.8 Å². The molecule has 1 aliphatic rings. The number of rotatable bonds is 5. The van der Waals surface area contributed by atoms with Gasteiger partial charge < -0.3 is 9.88 Å². The molecule has 4 aromatic rings. The molecule has 1 aliphatic heterocycles. The molecule has 3 heterocycles. The Morgan fingerprint density at radius 1 is 0.939 bits per heavy atom. The van der Waals surface area contributed by atoms with E-state index in [1.165, 1.54) is 12.4 Å². The van der Waals surface area contributed by atoms with E-state index in [9.17, 15) is 14.4 Å². The van der Waals surface area contributed by atoms with Crippen LogP contribution in [-0.2, 0) is 4.79 Å². The largest absolute Gasteiger partial charge is 0.361 e. The standard InChI is InChI=1S/C25H21N5O3/c31-22(28-29-24(32)16-9-12-26-13-10-16)11-14-30-23(18-6-1-2-7-19(18)25(30)33)20-15-27-21-8-4-3-5-17(20)21/h1-10,12-13,15,23,27H,11,14H2,(H,28,31)(H,29,32)/t23-/m1/s1. The molecule has 33 heavy (non-hydrogen) atoms. The summed E-state index contributed by atoms with van der Waals surface area (Å²) in [6.07, 6.45) is 4.96. The third-order valence-electron chi connectivity index (χ3n) is 5.81. The topological polar surface area (TPSA) is 107 Å². The van der Waals surface area contributed by atoms with Gasteiger partial charge in [-0.15, -0.1) is 0 Å². The molecular weight excluding hydrogens is 418 g/mol. The van der Waals surface area contributed by atoms with Crippen molar-refractivity contribution in [3.63, 3.8) is 0 Å². The van der Waals surface area contributed by atoms with Crippen LogP contribution in [0.25, 0.3) is 10.9 Å². The minimum absolute atomic E-state index is 0.0369. The van der Waals surface area contributed by atoms with Gasteiger partial charge in [-0.05, 0) is 29.8 Å². The molecule has 0 unspecified atom stereocenters.